The van der Waals surface area contributed by atoms with Crippen molar-refractivity contribution in [2.45, 2.75) is 32.4 Å². The van der Waals surface area contributed by atoms with Crippen LogP contribution >= 0.6 is 0 Å². The third kappa shape index (κ3) is 3.36. The summed E-state index contributed by atoms with van der Waals surface area (Å²) in [5, 5.41) is 17.0. The Bertz CT molecular complexity index is 554. The van der Waals surface area contributed by atoms with Crippen LogP contribution in [-0.4, -0.2) is 29.5 Å². The number of carbonyl (C=O) groups is 1. The summed E-state index contributed by atoms with van der Waals surface area (Å²) < 4.78 is 13.3. The maximum atomic E-state index is 13.3. The van der Waals surface area contributed by atoms with Crippen molar-refractivity contribution in [1.82, 2.24) is 10.6 Å². The lowest BCUT2D eigenvalue weighted by Crippen LogP contribution is -2.55. The molecule has 1 aromatic rings. The van der Waals surface area contributed by atoms with E-state index in [9.17, 15) is 19.3 Å². The summed E-state index contributed by atoms with van der Waals surface area (Å²) in [5.74, 6) is -1.04. The number of nitrogens with one attached hydrogen (secondary N) is 2. The van der Waals surface area contributed by atoms with E-state index in [1.165, 1.54) is 0 Å². The Morgan fingerprint density at radius 1 is 1.48 bits per heavy atom. The highest BCUT2D eigenvalue weighted by Gasteiger charge is 2.30. The van der Waals surface area contributed by atoms with Gasteiger partial charge in [-0.1, -0.05) is 6.92 Å². The number of nitrogens with zero attached hydrogens (tertiary/aromatic N) is 1. The molecule has 7 heteroatoms. The number of benzene rings is 1. The monoisotopic (exact) mass is 295 g/mol. The van der Waals surface area contributed by atoms with E-state index in [-0.39, 0.29) is 23.6 Å². The van der Waals surface area contributed by atoms with Gasteiger partial charge in [-0.2, -0.15) is 0 Å². The van der Waals surface area contributed by atoms with Crippen molar-refractivity contribution in [2.24, 2.45) is 5.92 Å². The van der Waals surface area contributed by atoms with E-state index < -0.39 is 22.3 Å². The molecule has 1 aliphatic heterocycles. The van der Waals surface area contributed by atoms with Gasteiger partial charge in [-0.15, -0.1) is 0 Å². The molecule has 1 aromatic carbocycles. The molecule has 21 heavy (non-hydrogen) atoms. The van der Waals surface area contributed by atoms with Crippen molar-refractivity contribution in [2.75, 3.05) is 6.54 Å². The van der Waals surface area contributed by atoms with Crippen LogP contribution in [0.2, 0.25) is 0 Å². The molecule has 0 aliphatic carbocycles. The van der Waals surface area contributed by atoms with E-state index in [0.29, 0.717) is 0 Å². The van der Waals surface area contributed by atoms with Gasteiger partial charge in [-0.3, -0.25) is 14.9 Å². The molecule has 1 aliphatic rings. The lowest BCUT2D eigenvalue weighted by Gasteiger charge is -2.35. The second-order valence-corrected chi connectivity index (χ2v) is 5.43. The van der Waals surface area contributed by atoms with Crippen LogP contribution in [0.1, 0.15) is 30.6 Å². The first-order valence-electron chi connectivity index (χ1n) is 6.88. The maximum Gasteiger partial charge on any atom is 0.282 e. The minimum Gasteiger partial charge on any atom is -0.347 e. The number of halogens is 1. The maximum absolute atomic E-state index is 13.3. The lowest BCUT2D eigenvalue weighted by molar-refractivity contribution is -0.385. The fourth-order valence-electron chi connectivity index (χ4n) is 2.68. The average molecular weight is 295 g/mol. The molecule has 6 nitrogen and oxygen atoms in total. The number of amides is 1. The van der Waals surface area contributed by atoms with Crippen LogP contribution in [0.3, 0.4) is 0 Å². The molecule has 0 saturated carbocycles. The van der Waals surface area contributed by atoms with E-state index in [4.69, 9.17) is 0 Å². The molecule has 1 amide bonds. The largest absolute Gasteiger partial charge is 0.347 e. The number of carbonyl (C=O) groups excluding carboxylic acids is 1. The van der Waals surface area contributed by atoms with Crippen molar-refractivity contribution >= 4 is 11.6 Å². The Kier molecular flexibility index (Phi) is 4.52. The third-order valence-electron chi connectivity index (χ3n) is 3.92. The van der Waals surface area contributed by atoms with Crippen LogP contribution < -0.4 is 10.6 Å². The number of hydrogen-bond acceptors (Lipinski definition) is 4. The lowest BCUT2D eigenvalue weighted by atomic mass is 9.89. The van der Waals surface area contributed by atoms with E-state index in [1.54, 1.807) is 0 Å². The number of rotatable bonds is 3. The predicted molar refractivity (Wildman–Crippen MR) is 75.6 cm³/mol. The zero-order valence-electron chi connectivity index (χ0n) is 11.9. The van der Waals surface area contributed by atoms with Crippen molar-refractivity contribution in [3.05, 3.63) is 39.7 Å². The summed E-state index contributed by atoms with van der Waals surface area (Å²) in [7, 11) is 0. The third-order valence-corrected chi connectivity index (χ3v) is 3.92. The molecule has 1 heterocycles. The zero-order chi connectivity index (χ0) is 15.6. The molecule has 3 unspecified atom stereocenters. The van der Waals surface area contributed by atoms with Crippen molar-refractivity contribution in [3.8, 4) is 0 Å². The van der Waals surface area contributed by atoms with Gasteiger partial charge >= 0.3 is 0 Å². The molecule has 0 aromatic heterocycles. The molecule has 2 N–H and O–H groups in total. The molecule has 1 fully saturated rings. The van der Waals surface area contributed by atoms with Crippen LogP contribution in [0.4, 0.5) is 10.1 Å². The van der Waals surface area contributed by atoms with Crippen LogP contribution in [-0.2, 0) is 0 Å². The number of hydrogen-bond donors (Lipinski definition) is 2. The first kappa shape index (κ1) is 15.4. The minimum absolute atomic E-state index is 0.0605. The molecule has 1 saturated heterocycles. The van der Waals surface area contributed by atoms with Crippen LogP contribution in [0, 0.1) is 21.8 Å². The van der Waals surface area contributed by atoms with Gasteiger partial charge in [0.15, 0.2) is 0 Å². The highest BCUT2D eigenvalue weighted by Crippen LogP contribution is 2.21. The topological polar surface area (TPSA) is 84.3 Å². The van der Waals surface area contributed by atoms with Gasteiger partial charge in [-0.25, -0.2) is 4.39 Å². The van der Waals surface area contributed by atoms with E-state index >= 15 is 0 Å². The van der Waals surface area contributed by atoms with Gasteiger partial charge in [0.1, 0.15) is 11.4 Å². The van der Waals surface area contributed by atoms with Crippen molar-refractivity contribution in [3.63, 3.8) is 0 Å². The quantitative estimate of drug-likeness (QED) is 0.658. The fourth-order valence-corrected chi connectivity index (χ4v) is 2.68. The van der Waals surface area contributed by atoms with E-state index in [0.717, 1.165) is 31.2 Å². The smallest absolute Gasteiger partial charge is 0.282 e. The second-order valence-electron chi connectivity index (χ2n) is 5.43. The van der Waals surface area contributed by atoms with Crippen LogP contribution in [0.5, 0.6) is 0 Å². The van der Waals surface area contributed by atoms with Gasteiger partial charge < -0.3 is 10.6 Å². The Labute approximate surface area is 121 Å². The van der Waals surface area contributed by atoms with Crippen LogP contribution in [0.25, 0.3) is 0 Å². The van der Waals surface area contributed by atoms with Crippen LogP contribution in [0.15, 0.2) is 18.2 Å². The van der Waals surface area contributed by atoms with E-state index in [1.807, 2.05) is 13.8 Å². The first-order chi connectivity index (χ1) is 9.90. The Morgan fingerprint density at radius 3 is 2.81 bits per heavy atom. The Hall–Kier alpha value is -2.02. The molecule has 0 radical (unpaired) electrons. The average Bonchev–Trinajstić information content (AvgIpc) is 2.42. The summed E-state index contributed by atoms with van der Waals surface area (Å²) in [5.41, 5.74) is -0.636. The van der Waals surface area contributed by atoms with Gasteiger partial charge in [-0.05, 0) is 37.9 Å². The number of nitro groups is 1. The first-order valence-corrected chi connectivity index (χ1v) is 6.88. The molecule has 2 rings (SSSR count). The second kappa shape index (κ2) is 6.17. The molecular weight excluding hydrogens is 277 g/mol. The minimum atomic E-state index is -0.680. The standard InChI is InChI=1S/C14H18FN3O3/c1-8-5-6-16-9(2)13(8)17-14(19)11-7-10(15)3-4-12(11)18(20)21/h3-4,7-9,13,16H,5-6H2,1-2H3,(H,17,19). The number of nitro benzene ring substituents is 1. The van der Waals surface area contributed by atoms with E-state index in [2.05, 4.69) is 10.6 Å². The van der Waals surface area contributed by atoms with Gasteiger partial charge in [0.05, 0.1) is 4.92 Å². The summed E-state index contributed by atoms with van der Waals surface area (Å²) in [4.78, 5) is 22.5. The van der Waals surface area contributed by atoms with Crippen molar-refractivity contribution in [1.29, 1.82) is 0 Å². The summed E-state index contributed by atoms with van der Waals surface area (Å²) in [6.45, 7) is 4.83. The summed E-state index contributed by atoms with van der Waals surface area (Å²) in [6, 6.07) is 2.80. The Morgan fingerprint density at radius 2 is 2.19 bits per heavy atom. The van der Waals surface area contributed by atoms with Gasteiger partial charge in [0, 0.05) is 18.2 Å². The van der Waals surface area contributed by atoms with Gasteiger partial charge in [0.2, 0.25) is 0 Å². The summed E-state index contributed by atoms with van der Waals surface area (Å²) >= 11 is 0. The zero-order valence-corrected chi connectivity index (χ0v) is 11.9. The molecule has 3 atom stereocenters. The highest BCUT2D eigenvalue weighted by atomic mass is 19.1. The normalized spacial score (nSPS) is 25.4. The fraction of sp³-hybridized carbons (Fsp3) is 0.500. The highest BCUT2D eigenvalue weighted by molar-refractivity contribution is 5.98. The summed E-state index contributed by atoms with van der Waals surface area (Å²) in [6.07, 6.45) is 0.903. The molecule has 0 spiro atoms. The molecule has 114 valence electrons. The van der Waals surface area contributed by atoms with Crippen molar-refractivity contribution < 1.29 is 14.1 Å². The van der Waals surface area contributed by atoms with Gasteiger partial charge in [0.25, 0.3) is 11.6 Å². The molecule has 0 bridgehead atoms. The SMILES string of the molecule is CC1CCNC(C)C1NC(=O)c1cc(F)ccc1[N+](=O)[O-]. The molecular formula is C14H18FN3O3. The number of piperidine rings is 1. The Balaban J connectivity index is 2.24. The predicted octanol–water partition coefficient (Wildman–Crippen LogP) is 1.85.